The highest BCUT2D eigenvalue weighted by Gasteiger charge is 2.55. The lowest BCUT2D eigenvalue weighted by Crippen LogP contribution is -2.64. The quantitative estimate of drug-likeness (QED) is 0.490. The first-order valence-corrected chi connectivity index (χ1v) is 8.69. The van der Waals surface area contributed by atoms with Crippen LogP contribution in [0.5, 0.6) is 5.75 Å². The SMILES string of the molecule is COC(=O)[C@H]1O[C@@H](Oc2ccccc2)[C@H](OC(C)=O)[C@@H](OC(C)=O)[C@@H]1OC(C)=O. The zero-order chi connectivity index (χ0) is 21.6. The van der Waals surface area contributed by atoms with Crippen molar-refractivity contribution in [2.75, 3.05) is 7.11 Å². The van der Waals surface area contributed by atoms with E-state index >= 15 is 0 Å². The predicted octanol–water partition coefficient (Wildman–Crippen LogP) is 0.758. The first kappa shape index (κ1) is 22.2. The summed E-state index contributed by atoms with van der Waals surface area (Å²) in [6.45, 7) is 3.36. The van der Waals surface area contributed by atoms with Gasteiger partial charge in [-0.15, -0.1) is 0 Å². The van der Waals surface area contributed by atoms with Crippen LogP contribution in [0.1, 0.15) is 20.8 Å². The lowest BCUT2D eigenvalue weighted by Gasteiger charge is -2.43. The van der Waals surface area contributed by atoms with E-state index in [4.69, 9.17) is 28.4 Å². The Hall–Kier alpha value is -3.14. The molecule has 1 fully saturated rings. The van der Waals surface area contributed by atoms with E-state index in [0.717, 1.165) is 27.9 Å². The maximum atomic E-state index is 12.3. The van der Waals surface area contributed by atoms with Crippen molar-refractivity contribution < 1.29 is 47.6 Å². The molecule has 29 heavy (non-hydrogen) atoms. The van der Waals surface area contributed by atoms with Gasteiger partial charge >= 0.3 is 23.9 Å². The van der Waals surface area contributed by atoms with Crippen molar-refractivity contribution >= 4 is 23.9 Å². The lowest BCUT2D eigenvalue weighted by atomic mass is 9.97. The minimum Gasteiger partial charge on any atom is -0.467 e. The summed E-state index contributed by atoms with van der Waals surface area (Å²) in [6.07, 6.45) is -6.99. The average Bonchev–Trinajstić information content (AvgIpc) is 2.65. The highest BCUT2D eigenvalue weighted by molar-refractivity contribution is 5.77. The number of methoxy groups -OCH3 is 1. The van der Waals surface area contributed by atoms with Crippen LogP contribution in [0, 0.1) is 0 Å². The molecule has 158 valence electrons. The van der Waals surface area contributed by atoms with Gasteiger partial charge in [0.2, 0.25) is 12.4 Å². The molecule has 0 unspecified atom stereocenters. The van der Waals surface area contributed by atoms with Crippen molar-refractivity contribution in [3.63, 3.8) is 0 Å². The molecule has 5 atom stereocenters. The fraction of sp³-hybridized carbons (Fsp3) is 0.474. The van der Waals surface area contributed by atoms with Crippen molar-refractivity contribution in [1.29, 1.82) is 0 Å². The molecule has 0 N–H and O–H groups in total. The zero-order valence-electron chi connectivity index (χ0n) is 16.4. The van der Waals surface area contributed by atoms with Gasteiger partial charge in [0.05, 0.1) is 7.11 Å². The van der Waals surface area contributed by atoms with Crippen molar-refractivity contribution in [1.82, 2.24) is 0 Å². The van der Waals surface area contributed by atoms with Gasteiger partial charge in [0.25, 0.3) is 0 Å². The molecule has 1 saturated heterocycles. The summed E-state index contributed by atoms with van der Waals surface area (Å²) in [5.41, 5.74) is 0. The first-order chi connectivity index (χ1) is 13.7. The summed E-state index contributed by atoms with van der Waals surface area (Å²) < 4.78 is 31.7. The van der Waals surface area contributed by atoms with Crippen molar-refractivity contribution in [2.24, 2.45) is 0 Å². The summed E-state index contributed by atoms with van der Waals surface area (Å²) >= 11 is 0. The minimum atomic E-state index is -1.49. The fourth-order valence-corrected chi connectivity index (χ4v) is 2.81. The molecule has 1 aromatic carbocycles. The topological polar surface area (TPSA) is 124 Å². The van der Waals surface area contributed by atoms with Crippen LogP contribution >= 0.6 is 0 Å². The third-order valence-corrected chi connectivity index (χ3v) is 3.83. The third-order valence-electron chi connectivity index (χ3n) is 3.83. The number of rotatable bonds is 6. The third kappa shape index (κ3) is 5.92. The second-order valence-electron chi connectivity index (χ2n) is 6.10. The van der Waals surface area contributed by atoms with E-state index < -0.39 is 54.6 Å². The molecule has 0 bridgehead atoms. The van der Waals surface area contributed by atoms with E-state index in [2.05, 4.69) is 0 Å². The second kappa shape index (κ2) is 9.87. The Morgan fingerprint density at radius 3 is 1.83 bits per heavy atom. The second-order valence-corrected chi connectivity index (χ2v) is 6.10. The van der Waals surface area contributed by atoms with Crippen molar-refractivity contribution in [2.45, 2.75) is 51.5 Å². The minimum absolute atomic E-state index is 0.339. The van der Waals surface area contributed by atoms with E-state index in [1.54, 1.807) is 30.3 Å². The number of carbonyl (C=O) groups is 4. The molecular formula is C19H22O10. The normalized spacial score (nSPS) is 26.0. The van der Waals surface area contributed by atoms with Gasteiger partial charge in [-0.3, -0.25) is 14.4 Å². The van der Waals surface area contributed by atoms with E-state index in [0.29, 0.717) is 5.75 Å². The lowest BCUT2D eigenvalue weighted by molar-refractivity contribution is -0.282. The summed E-state index contributed by atoms with van der Waals surface area (Å²) in [4.78, 5) is 47.2. The molecule has 1 heterocycles. The van der Waals surface area contributed by atoms with Crippen molar-refractivity contribution in [3.05, 3.63) is 30.3 Å². The van der Waals surface area contributed by atoms with Gasteiger partial charge in [-0.25, -0.2) is 4.79 Å². The first-order valence-electron chi connectivity index (χ1n) is 8.69. The molecule has 10 heteroatoms. The van der Waals surface area contributed by atoms with E-state index in [-0.39, 0.29) is 0 Å². The molecule has 0 spiro atoms. The van der Waals surface area contributed by atoms with Gasteiger partial charge in [-0.05, 0) is 12.1 Å². The number of hydrogen-bond donors (Lipinski definition) is 0. The van der Waals surface area contributed by atoms with E-state index in [1.165, 1.54) is 0 Å². The van der Waals surface area contributed by atoms with Gasteiger partial charge < -0.3 is 28.4 Å². The Balaban J connectivity index is 2.47. The van der Waals surface area contributed by atoms with Crippen LogP contribution in [-0.4, -0.2) is 61.7 Å². The summed E-state index contributed by atoms with van der Waals surface area (Å²) in [5, 5.41) is 0. The number of ether oxygens (including phenoxy) is 6. The molecule has 0 aromatic heterocycles. The summed E-state index contributed by atoms with van der Waals surface area (Å²) in [7, 11) is 1.11. The van der Waals surface area contributed by atoms with Crippen LogP contribution < -0.4 is 4.74 Å². The monoisotopic (exact) mass is 410 g/mol. The van der Waals surface area contributed by atoms with Gasteiger partial charge in [-0.2, -0.15) is 0 Å². The number of hydrogen-bond acceptors (Lipinski definition) is 10. The van der Waals surface area contributed by atoms with Gasteiger partial charge in [0.15, 0.2) is 18.3 Å². The van der Waals surface area contributed by atoms with Crippen molar-refractivity contribution in [3.8, 4) is 5.75 Å². The van der Waals surface area contributed by atoms with Crippen LogP contribution in [0.25, 0.3) is 0 Å². The Labute approximate surface area is 166 Å². The molecule has 0 radical (unpaired) electrons. The number of para-hydroxylation sites is 1. The van der Waals surface area contributed by atoms with Gasteiger partial charge in [-0.1, -0.05) is 18.2 Å². The molecule has 2 rings (SSSR count). The maximum absolute atomic E-state index is 12.3. The van der Waals surface area contributed by atoms with E-state index in [9.17, 15) is 19.2 Å². The highest BCUT2D eigenvalue weighted by Crippen LogP contribution is 2.31. The van der Waals surface area contributed by atoms with Crippen LogP contribution in [0.3, 0.4) is 0 Å². The standard InChI is InChI=1S/C19H22O10/c1-10(20)25-14-15(26-11(2)21)17(27-12(3)22)19(29-16(14)18(23)24-4)28-13-8-6-5-7-9-13/h5-9,14-17,19H,1-4H3/t14-,15-,16-,17+,19+/m0/s1. The van der Waals surface area contributed by atoms with Crippen LogP contribution in [0.4, 0.5) is 0 Å². The average molecular weight is 410 g/mol. The fourth-order valence-electron chi connectivity index (χ4n) is 2.81. The van der Waals surface area contributed by atoms with Gasteiger partial charge in [0.1, 0.15) is 5.75 Å². The molecule has 10 nitrogen and oxygen atoms in total. The number of carbonyl (C=O) groups excluding carboxylic acids is 4. The molecule has 0 saturated carbocycles. The Morgan fingerprint density at radius 1 is 0.793 bits per heavy atom. The highest BCUT2D eigenvalue weighted by atomic mass is 16.7. The Kier molecular flexibility index (Phi) is 7.54. The smallest absolute Gasteiger partial charge is 0.339 e. The summed E-state index contributed by atoms with van der Waals surface area (Å²) in [5.74, 6) is -2.81. The Bertz CT molecular complexity index is 747. The molecular weight excluding hydrogens is 388 g/mol. The molecule has 1 aliphatic heterocycles. The Morgan fingerprint density at radius 2 is 1.31 bits per heavy atom. The van der Waals surface area contributed by atoms with E-state index in [1.807, 2.05) is 0 Å². The zero-order valence-corrected chi connectivity index (χ0v) is 16.4. The predicted molar refractivity (Wildman–Crippen MR) is 94.4 cm³/mol. The van der Waals surface area contributed by atoms with Crippen LogP contribution in [0.2, 0.25) is 0 Å². The molecule has 0 amide bonds. The van der Waals surface area contributed by atoms with Gasteiger partial charge in [0, 0.05) is 20.8 Å². The number of benzene rings is 1. The van der Waals surface area contributed by atoms with Crippen LogP contribution in [-0.2, 0) is 42.9 Å². The summed E-state index contributed by atoms with van der Waals surface area (Å²) in [6, 6.07) is 8.37. The maximum Gasteiger partial charge on any atom is 0.339 e. The largest absolute Gasteiger partial charge is 0.467 e. The van der Waals surface area contributed by atoms with Crippen LogP contribution in [0.15, 0.2) is 30.3 Å². The molecule has 0 aliphatic carbocycles. The molecule has 1 aromatic rings. The number of esters is 4. The molecule has 1 aliphatic rings.